The minimum absolute atomic E-state index is 0.0766. The van der Waals surface area contributed by atoms with Crippen LogP contribution < -0.4 is 26.0 Å². The Morgan fingerprint density at radius 3 is 2.45 bits per heavy atom. The van der Waals surface area contributed by atoms with Crippen LogP contribution in [0.2, 0.25) is 0 Å². The molecule has 1 aliphatic heterocycles. The third-order valence-electron chi connectivity index (χ3n) is 5.70. The third-order valence-corrected chi connectivity index (χ3v) is 5.70. The molecule has 3 aromatic rings. The number of H-pyrrole nitrogens is 1. The number of aromatic nitrogens is 2. The van der Waals surface area contributed by atoms with Crippen molar-refractivity contribution in [2.45, 2.75) is 26.3 Å². The SMILES string of the molecule is COc1cc2c(cc1OC)[C@@H](c1c(O)n(-c3ccc(C)cc3C)c(=O)[nH]c1=O)NCC2. The molecule has 0 bridgehead atoms. The van der Waals surface area contributed by atoms with Gasteiger partial charge in [-0.15, -0.1) is 0 Å². The predicted molar refractivity (Wildman–Crippen MR) is 117 cm³/mol. The number of methoxy groups -OCH3 is 2. The molecule has 1 atom stereocenters. The molecule has 8 heteroatoms. The second kappa shape index (κ2) is 7.96. The van der Waals surface area contributed by atoms with Gasteiger partial charge in [0.25, 0.3) is 5.56 Å². The zero-order valence-corrected chi connectivity index (χ0v) is 17.9. The first-order chi connectivity index (χ1) is 14.8. The number of hydrogen-bond donors (Lipinski definition) is 3. The number of aryl methyl sites for hydroxylation is 2. The van der Waals surface area contributed by atoms with E-state index in [-0.39, 0.29) is 11.4 Å². The fourth-order valence-corrected chi connectivity index (χ4v) is 4.22. The summed E-state index contributed by atoms with van der Waals surface area (Å²) in [5.74, 6) is 0.731. The van der Waals surface area contributed by atoms with E-state index in [2.05, 4.69) is 10.3 Å². The highest BCUT2D eigenvalue weighted by molar-refractivity contribution is 5.53. The number of rotatable bonds is 4. The van der Waals surface area contributed by atoms with Gasteiger partial charge in [-0.05, 0) is 55.2 Å². The summed E-state index contributed by atoms with van der Waals surface area (Å²) in [5, 5.41) is 14.4. The Bertz CT molecular complexity index is 1280. The van der Waals surface area contributed by atoms with Crippen LogP contribution in [0.5, 0.6) is 17.4 Å². The summed E-state index contributed by atoms with van der Waals surface area (Å²) in [7, 11) is 3.11. The van der Waals surface area contributed by atoms with Crippen molar-refractivity contribution in [1.82, 2.24) is 14.9 Å². The van der Waals surface area contributed by atoms with E-state index in [4.69, 9.17) is 9.47 Å². The minimum Gasteiger partial charge on any atom is -0.494 e. The molecule has 0 amide bonds. The normalized spacial score (nSPS) is 15.4. The molecule has 8 nitrogen and oxygen atoms in total. The number of benzene rings is 2. The van der Waals surface area contributed by atoms with Gasteiger partial charge in [0.05, 0.1) is 31.5 Å². The van der Waals surface area contributed by atoms with Crippen molar-refractivity contribution in [3.05, 3.63) is 79.0 Å². The van der Waals surface area contributed by atoms with E-state index in [1.807, 2.05) is 32.0 Å². The van der Waals surface area contributed by atoms with E-state index < -0.39 is 17.3 Å². The van der Waals surface area contributed by atoms with Crippen molar-refractivity contribution in [2.75, 3.05) is 20.8 Å². The quantitative estimate of drug-likeness (QED) is 0.594. The smallest absolute Gasteiger partial charge is 0.335 e. The largest absolute Gasteiger partial charge is 0.494 e. The molecular weight excluding hydrogens is 398 g/mol. The molecule has 162 valence electrons. The van der Waals surface area contributed by atoms with Crippen molar-refractivity contribution in [2.24, 2.45) is 0 Å². The van der Waals surface area contributed by atoms with Gasteiger partial charge in [0.1, 0.15) is 0 Å². The highest BCUT2D eigenvalue weighted by atomic mass is 16.5. The van der Waals surface area contributed by atoms with Crippen LogP contribution in [-0.2, 0) is 6.42 Å². The lowest BCUT2D eigenvalue weighted by atomic mass is 9.90. The Labute approximate surface area is 179 Å². The number of nitrogens with zero attached hydrogens (tertiary/aromatic N) is 1. The van der Waals surface area contributed by atoms with Crippen LogP contribution >= 0.6 is 0 Å². The Balaban J connectivity index is 1.95. The number of ether oxygens (including phenoxy) is 2. The van der Waals surface area contributed by atoms with Gasteiger partial charge in [0.2, 0.25) is 5.88 Å². The van der Waals surface area contributed by atoms with Crippen LogP contribution in [-0.4, -0.2) is 35.4 Å². The summed E-state index contributed by atoms with van der Waals surface area (Å²) in [6, 6.07) is 8.58. The summed E-state index contributed by atoms with van der Waals surface area (Å²) >= 11 is 0. The molecule has 4 rings (SSSR count). The van der Waals surface area contributed by atoms with E-state index in [9.17, 15) is 14.7 Å². The molecule has 0 saturated carbocycles. The van der Waals surface area contributed by atoms with Crippen molar-refractivity contribution in [3.63, 3.8) is 0 Å². The summed E-state index contributed by atoms with van der Waals surface area (Å²) in [5.41, 5.74) is 2.85. The second-order valence-corrected chi connectivity index (χ2v) is 7.67. The number of aromatic amines is 1. The molecule has 0 aliphatic carbocycles. The van der Waals surface area contributed by atoms with Crippen molar-refractivity contribution >= 4 is 0 Å². The molecule has 1 aromatic heterocycles. The molecule has 1 aliphatic rings. The molecular formula is C23H25N3O5. The maximum absolute atomic E-state index is 12.8. The van der Waals surface area contributed by atoms with Crippen molar-refractivity contribution in [1.29, 1.82) is 0 Å². The average molecular weight is 423 g/mol. The molecule has 31 heavy (non-hydrogen) atoms. The molecule has 0 saturated heterocycles. The Hall–Kier alpha value is -3.52. The number of nitrogens with one attached hydrogen (secondary N) is 2. The topological polar surface area (TPSA) is 106 Å². The first-order valence-corrected chi connectivity index (χ1v) is 9.99. The van der Waals surface area contributed by atoms with E-state index >= 15 is 0 Å². The second-order valence-electron chi connectivity index (χ2n) is 7.67. The van der Waals surface area contributed by atoms with Crippen molar-refractivity contribution < 1.29 is 14.6 Å². The van der Waals surface area contributed by atoms with E-state index in [1.165, 1.54) is 0 Å². The number of aromatic hydroxyl groups is 1. The molecule has 3 N–H and O–H groups in total. The molecule has 0 radical (unpaired) electrons. The standard InChI is InChI=1S/C23H25N3O5/c1-12-5-6-16(13(2)9-12)26-22(28)19(21(27)25-23(26)29)20-15-11-18(31-4)17(30-3)10-14(15)7-8-24-20/h5-6,9-11,20,24,28H,7-8H2,1-4H3,(H,25,27,29)/t20-/m0/s1. The maximum Gasteiger partial charge on any atom is 0.335 e. The first kappa shape index (κ1) is 20.7. The Kier molecular flexibility index (Phi) is 5.32. The fourth-order valence-electron chi connectivity index (χ4n) is 4.22. The molecule has 0 spiro atoms. The molecule has 2 aromatic carbocycles. The van der Waals surface area contributed by atoms with Gasteiger partial charge in [-0.25, -0.2) is 9.36 Å². The van der Waals surface area contributed by atoms with E-state index in [1.54, 1.807) is 26.4 Å². The van der Waals surface area contributed by atoms with Gasteiger partial charge >= 0.3 is 5.69 Å². The summed E-state index contributed by atoms with van der Waals surface area (Å²) in [6.07, 6.45) is 0.724. The lowest BCUT2D eigenvalue weighted by Gasteiger charge is -2.28. The molecule has 2 heterocycles. The zero-order chi connectivity index (χ0) is 22.3. The van der Waals surface area contributed by atoms with Gasteiger partial charge in [-0.2, -0.15) is 0 Å². The highest BCUT2D eigenvalue weighted by Gasteiger charge is 2.30. The van der Waals surface area contributed by atoms with Gasteiger partial charge in [-0.3, -0.25) is 9.78 Å². The monoisotopic (exact) mass is 423 g/mol. The highest BCUT2D eigenvalue weighted by Crippen LogP contribution is 2.38. The van der Waals surface area contributed by atoms with Crippen LogP contribution in [0.1, 0.15) is 33.9 Å². The average Bonchev–Trinajstić information content (AvgIpc) is 2.74. The summed E-state index contributed by atoms with van der Waals surface area (Å²) in [4.78, 5) is 27.9. The van der Waals surface area contributed by atoms with Gasteiger partial charge < -0.3 is 19.9 Å². The third kappa shape index (κ3) is 3.48. The van der Waals surface area contributed by atoms with Crippen LogP contribution in [0.4, 0.5) is 0 Å². The maximum atomic E-state index is 12.8. The lowest BCUT2D eigenvalue weighted by Crippen LogP contribution is -2.38. The van der Waals surface area contributed by atoms with E-state index in [0.29, 0.717) is 23.7 Å². The summed E-state index contributed by atoms with van der Waals surface area (Å²) < 4.78 is 12.0. The Morgan fingerprint density at radius 2 is 1.77 bits per heavy atom. The zero-order valence-electron chi connectivity index (χ0n) is 17.9. The molecule has 0 fully saturated rings. The van der Waals surface area contributed by atoms with Crippen molar-refractivity contribution in [3.8, 4) is 23.1 Å². The number of fused-ring (bicyclic) bond motifs is 1. The van der Waals surface area contributed by atoms with Crippen LogP contribution in [0.15, 0.2) is 39.9 Å². The van der Waals surface area contributed by atoms with Gasteiger partial charge in [0, 0.05) is 6.54 Å². The summed E-state index contributed by atoms with van der Waals surface area (Å²) in [6.45, 7) is 4.39. The fraction of sp³-hybridized carbons (Fsp3) is 0.304. The van der Waals surface area contributed by atoms with Crippen LogP contribution in [0, 0.1) is 13.8 Å². The van der Waals surface area contributed by atoms with Crippen LogP contribution in [0.3, 0.4) is 0 Å². The number of hydrogen-bond acceptors (Lipinski definition) is 6. The lowest BCUT2D eigenvalue weighted by molar-refractivity contribution is 0.352. The molecule has 0 unspecified atom stereocenters. The first-order valence-electron chi connectivity index (χ1n) is 9.99. The van der Waals surface area contributed by atoms with Gasteiger partial charge in [-0.1, -0.05) is 17.7 Å². The minimum atomic E-state index is -0.693. The van der Waals surface area contributed by atoms with Crippen LogP contribution in [0.25, 0.3) is 5.69 Å². The van der Waals surface area contributed by atoms with E-state index in [0.717, 1.165) is 33.2 Å². The predicted octanol–water partition coefficient (Wildman–Crippen LogP) is 2.10. The van der Waals surface area contributed by atoms with Gasteiger partial charge in [0.15, 0.2) is 11.5 Å². The Morgan fingerprint density at radius 1 is 1.06 bits per heavy atom.